The molecule has 0 aliphatic rings. The Morgan fingerprint density at radius 2 is 2.14 bits per heavy atom. The lowest BCUT2D eigenvalue weighted by Gasteiger charge is -2.11. The first-order valence-corrected chi connectivity index (χ1v) is 5.39. The van der Waals surface area contributed by atoms with Gasteiger partial charge in [0, 0.05) is 11.7 Å². The molecule has 0 saturated heterocycles. The third-order valence-electron chi connectivity index (χ3n) is 2.87. The topological polar surface area (TPSA) is 15.8 Å². The zero-order valence-electron chi connectivity index (χ0n) is 8.88. The number of para-hydroxylation sites is 1. The second-order valence-corrected chi connectivity index (χ2v) is 3.98. The van der Waals surface area contributed by atoms with E-state index in [4.69, 9.17) is 0 Å². The SMILES string of the molecule is CCCC(C)c1cccc2cc[nH]c12. The summed E-state index contributed by atoms with van der Waals surface area (Å²) >= 11 is 0. The molecule has 1 unspecified atom stereocenters. The van der Waals surface area contributed by atoms with Gasteiger partial charge >= 0.3 is 0 Å². The molecule has 14 heavy (non-hydrogen) atoms. The highest BCUT2D eigenvalue weighted by Gasteiger charge is 2.08. The van der Waals surface area contributed by atoms with Crippen LogP contribution in [0.25, 0.3) is 10.9 Å². The van der Waals surface area contributed by atoms with Crippen molar-refractivity contribution in [2.24, 2.45) is 0 Å². The van der Waals surface area contributed by atoms with E-state index >= 15 is 0 Å². The van der Waals surface area contributed by atoms with Gasteiger partial charge in [0.25, 0.3) is 0 Å². The lowest BCUT2D eigenvalue weighted by atomic mass is 9.95. The summed E-state index contributed by atoms with van der Waals surface area (Å²) in [5.74, 6) is 0.655. The van der Waals surface area contributed by atoms with Crippen molar-refractivity contribution in [1.29, 1.82) is 0 Å². The minimum absolute atomic E-state index is 0.655. The van der Waals surface area contributed by atoms with Crippen LogP contribution in [0, 0.1) is 0 Å². The quantitative estimate of drug-likeness (QED) is 0.745. The van der Waals surface area contributed by atoms with Crippen LogP contribution in [-0.4, -0.2) is 4.98 Å². The van der Waals surface area contributed by atoms with Crippen molar-refractivity contribution in [3.05, 3.63) is 36.0 Å². The van der Waals surface area contributed by atoms with Crippen molar-refractivity contribution in [3.63, 3.8) is 0 Å². The van der Waals surface area contributed by atoms with Crippen molar-refractivity contribution >= 4 is 10.9 Å². The Hall–Kier alpha value is -1.24. The zero-order chi connectivity index (χ0) is 9.97. The van der Waals surface area contributed by atoms with Crippen molar-refractivity contribution in [2.45, 2.75) is 32.6 Å². The summed E-state index contributed by atoms with van der Waals surface area (Å²) in [5.41, 5.74) is 2.77. The monoisotopic (exact) mass is 187 g/mol. The number of aromatic amines is 1. The van der Waals surface area contributed by atoms with Gasteiger partial charge in [0.1, 0.15) is 0 Å². The molecule has 1 aromatic heterocycles. The number of hydrogen-bond donors (Lipinski definition) is 1. The maximum Gasteiger partial charge on any atom is 0.0489 e. The van der Waals surface area contributed by atoms with Crippen molar-refractivity contribution < 1.29 is 0 Å². The first-order chi connectivity index (χ1) is 6.83. The van der Waals surface area contributed by atoms with Crippen LogP contribution in [0.3, 0.4) is 0 Å². The summed E-state index contributed by atoms with van der Waals surface area (Å²) in [6, 6.07) is 8.68. The fraction of sp³-hybridized carbons (Fsp3) is 0.385. The normalized spacial score (nSPS) is 13.3. The largest absolute Gasteiger partial charge is 0.361 e. The number of H-pyrrole nitrogens is 1. The van der Waals surface area contributed by atoms with Gasteiger partial charge in [0.15, 0.2) is 0 Å². The third kappa shape index (κ3) is 1.54. The molecule has 0 amide bonds. The van der Waals surface area contributed by atoms with Crippen LogP contribution in [0.1, 0.15) is 38.2 Å². The Kier molecular flexibility index (Phi) is 2.58. The summed E-state index contributed by atoms with van der Waals surface area (Å²) in [7, 11) is 0. The van der Waals surface area contributed by atoms with Gasteiger partial charge < -0.3 is 4.98 Å². The van der Waals surface area contributed by atoms with Crippen LogP contribution < -0.4 is 0 Å². The average molecular weight is 187 g/mol. The first-order valence-electron chi connectivity index (χ1n) is 5.39. The van der Waals surface area contributed by atoms with E-state index < -0.39 is 0 Å². The maximum absolute atomic E-state index is 3.33. The highest BCUT2D eigenvalue weighted by molar-refractivity contribution is 5.82. The van der Waals surface area contributed by atoms with Crippen molar-refractivity contribution in [1.82, 2.24) is 4.98 Å². The second-order valence-electron chi connectivity index (χ2n) is 3.98. The average Bonchev–Trinajstić information content (AvgIpc) is 2.65. The number of aromatic nitrogens is 1. The maximum atomic E-state index is 3.33. The predicted molar refractivity (Wildman–Crippen MR) is 61.6 cm³/mol. The van der Waals surface area contributed by atoms with Crippen LogP contribution in [-0.2, 0) is 0 Å². The lowest BCUT2D eigenvalue weighted by Crippen LogP contribution is -1.93. The predicted octanol–water partition coefficient (Wildman–Crippen LogP) is 4.07. The van der Waals surface area contributed by atoms with Crippen LogP contribution in [0.4, 0.5) is 0 Å². The Bertz CT molecular complexity index is 414. The van der Waals surface area contributed by atoms with Crippen LogP contribution >= 0.6 is 0 Å². The molecule has 2 rings (SSSR count). The van der Waals surface area contributed by atoms with Gasteiger partial charge in [-0.25, -0.2) is 0 Å². The summed E-state index contributed by atoms with van der Waals surface area (Å²) in [4.78, 5) is 3.33. The lowest BCUT2D eigenvalue weighted by molar-refractivity contribution is 0.668. The molecule has 0 aliphatic heterocycles. The third-order valence-corrected chi connectivity index (χ3v) is 2.87. The molecule has 1 atom stereocenters. The first kappa shape index (κ1) is 9.32. The van der Waals surface area contributed by atoms with Gasteiger partial charge in [-0.15, -0.1) is 0 Å². The molecule has 0 radical (unpaired) electrons. The molecular formula is C13H17N. The van der Waals surface area contributed by atoms with E-state index in [1.54, 1.807) is 0 Å². The number of rotatable bonds is 3. The molecule has 0 spiro atoms. The van der Waals surface area contributed by atoms with E-state index in [0.29, 0.717) is 5.92 Å². The Morgan fingerprint density at radius 1 is 1.29 bits per heavy atom. The van der Waals surface area contributed by atoms with Gasteiger partial charge in [0.05, 0.1) is 0 Å². The van der Waals surface area contributed by atoms with Crippen LogP contribution in [0.2, 0.25) is 0 Å². The van der Waals surface area contributed by atoms with E-state index in [1.165, 1.54) is 29.3 Å². The molecule has 0 aliphatic carbocycles. The fourth-order valence-corrected chi connectivity index (χ4v) is 2.11. The van der Waals surface area contributed by atoms with E-state index in [0.717, 1.165) is 0 Å². The summed E-state index contributed by atoms with van der Waals surface area (Å²) in [5, 5.41) is 1.32. The van der Waals surface area contributed by atoms with Gasteiger partial charge in [-0.3, -0.25) is 0 Å². The number of nitrogens with one attached hydrogen (secondary N) is 1. The highest BCUT2D eigenvalue weighted by atomic mass is 14.7. The standard InChI is InChI=1S/C13H17N/c1-3-5-10(2)12-7-4-6-11-8-9-14-13(11)12/h4,6-10,14H,3,5H2,1-2H3. The van der Waals surface area contributed by atoms with Crippen LogP contribution in [0.5, 0.6) is 0 Å². The van der Waals surface area contributed by atoms with Gasteiger partial charge in [-0.1, -0.05) is 38.5 Å². The van der Waals surface area contributed by atoms with Crippen molar-refractivity contribution in [2.75, 3.05) is 0 Å². The molecule has 0 bridgehead atoms. The molecule has 1 nitrogen and oxygen atoms in total. The second kappa shape index (κ2) is 3.87. The number of benzene rings is 1. The Labute approximate surface area is 85.1 Å². The summed E-state index contributed by atoms with van der Waals surface area (Å²) in [6.07, 6.45) is 4.53. The molecule has 2 aromatic rings. The molecule has 0 fully saturated rings. The van der Waals surface area contributed by atoms with Gasteiger partial charge in [-0.05, 0) is 29.4 Å². The molecule has 1 aromatic carbocycles. The molecule has 1 N–H and O–H groups in total. The molecule has 74 valence electrons. The molecule has 1 heterocycles. The minimum Gasteiger partial charge on any atom is -0.361 e. The number of hydrogen-bond acceptors (Lipinski definition) is 0. The summed E-state index contributed by atoms with van der Waals surface area (Å²) < 4.78 is 0. The fourth-order valence-electron chi connectivity index (χ4n) is 2.11. The van der Waals surface area contributed by atoms with Gasteiger partial charge in [0.2, 0.25) is 0 Å². The Morgan fingerprint density at radius 3 is 2.93 bits per heavy atom. The molecule has 1 heteroatoms. The molecular weight excluding hydrogens is 170 g/mol. The smallest absolute Gasteiger partial charge is 0.0489 e. The number of fused-ring (bicyclic) bond motifs is 1. The molecule has 0 saturated carbocycles. The summed E-state index contributed by atoms with van der Waals surface area (Å²) in [6.45, 7) is 4.55. The zero-order valence-corrected chi connectivity index (χ0v) is 8.88. The van der Waals surface area contributed by atoms with E-state index in [1.807, 2.05) is 6.20 Å². The van der Waals surface area contributed by atoms with Crippen molar-refractivity contribution in [3.8, 4) is 0 Å². The highest BCUT2D eigenvalue weighted by Crippen LogP contribution is 2.27. The van der Waals surface area contributed by atoms with Gasteiger partial charge in [-0.2, -0.15) is 0 Å². The van der Waals surface area contributed by atoms with Crippen LogP contribution in [0.15, 0.2) is 30.5 Å². The minimum atomic E-state index is 0.655. The van der Waals surface area contributed by atoms with E-state index in [9.17, 15) is 0 Å². The van der Waals surface area contributed by atoms with E-state index in [-0.39, 0.29) is 0 Å². The Balaban J connectivity index is 2.45. The van der Waals surface area contributed by atoms with E-state index in [2.05, 4.69) is 43.1 Å².